The summed E-state index contributed by atoms with van der Waals surface area (Å²) >= 11 is 0. The van der Waals surface area contributed by atoms with Gasteiger partial charge < -0.3 is 15.2 Å². The summed E-state index contributed by atoms with van der Waals surface area (Å²) in [5.74, 6) is -0.983. The molecule has 1 atom stereocenters. The molecule has 2 N–H and O–H groups in total. The third-order valence-electron chi connectivity index (χ3n) is 5.21. The minimum atomic E-state index is -1.14. The summed E-state index contributed by atoms with van der Waals surface area (Å²) in [5.41, 5.74) is -0.831. The average molecular weight is 333 g/mol. The number of carbonyl (C=O) groups is 2. The highest BCUT2D eigenvalue weighted by Crippen LogP contribution is 2.44. The molecular formula is C19H27NO4. The first-order valence-electron chi connectivity index (χ1n) is 8.59. The van der Waals surface area contributed by atoms with E-state index in [9.17, 15) is 14.7 Å². The largest absolute Gasteiger partial charge is 0.481 e. The third kappa shape index (κ3) is 3.78. The van der Waals surface area contributed by atoms with Crippen LogP contribution in [0, 0.1) is 5.41 Å². The van der Waals surface area contributed by atoms with E-state index >= 15 is 0 Å². The first-order chi connectivity index (χ1) is 11.4. The molecule has 0 spiro atoms. The van der Waals surface area contributed by atoms with Gasteiger partial charge in [-0.3, -0.25) is 9.59 Å². The normalized spacial score (nSPS) is 18.2. The molecule has 1 unspecified atom stereocenters. The van der Waals surface area contributed by atoms with Crippen LogP contribution in [-0.4, -0.2) is 36.7 Å². The van der Waals surface area contributed by atoms with Crippen molar-refractivity contribution in [2.75, 3.05) is 19.8 Å². The van der Waals surface area contributed by atoms with E-state index in [0.29, 0.717) is 25.2 Å². The number of ether oxygens (including phenoxy) is 1. The summed E-state index contributed by atoms with van der Waals surface area (Å²) in [6.45, 7) is 4.88. The Bertz CT molecular complexity index is 568. The molecule has 1 aromatic carbocycles. The van der Waals surface area contributed by atoms with E-state index in [-0.39, 0.29) is 17.9 Å². The quantitative estimate of drug-likeness (QED) is 0.681. The van der Waals surface area contributed by atoms with Crippen LogP contribution in [0.2, 0.25) is 0 Å². The number of hydrogen-bond donors (Lipinski definition) is 2. The molecule has 0 bridgehead atoms. The van der Waals surface area contributed by atoms with Crippen LogP contribution in [0.4, 0.5) is 0 Å². The van der Waals surface area contributed by atoms with Crippen LogP contribution in [0.15, 0.2) is 30.3 Å². The molecule has 0 saturated heterocycles. The van der Waals surface area contributed by atoms with E-state index in [1.165, 1.54) is 0 Å². The molecule has 1 fully saturated rings. The summed E-state index contributed by atoms with van der Waals surface area (Å²) < 4.78 is 5.39. The lowest BCUT2D eigenvalue weighted by molar-refractivity contribution is -0.144. The predicted molar refractivity (Wildman–Crippen MR) is 91.8 cm³/mol. The molecule has 1 aliphatic carbocycles. The Balaban J connectivity index is 2.04. The molecule has 0 heterocycles. The van der Waals surface area contributed by atoms with E-state index in [4.69, 9.17) is 4.74 Å². The molecule has 5 nitrogen and oxygen atoms in total. The molecule has 24 heavy (non-hydrogen) atoms. The summed E-state index contributed by atoms with van der Waals surface area (Å²) in [6, 6.07) is 9.05. The van der Waals surface area contributed by atoms with Gasteiger partial charge in [-0.2, -0.15) is 0 Å². The van der Waals surface area contributed by atoms with Crippen molar-refractivity contribution in [1.82, 2.24) is 5.32 Å². The van der Waals surface area contributed by atoms with Crippen LogP contribution in [-0.2, 0) is 19.7 Å². The Morgan fingerprint density at radius 2 is 1.96 bits per heavy atom. The lowest BCUT2D eigenvalue weighted by Gasteiger charge is -2.41. The zero-order valence-corrected chi connectivity index (χ0v) is 14.5. The maximum atomic E-state index is 12.7. The second kappa shape index (κ2) is 7.79. The third-order valence-corrected chi connectivity index (χ3v) is 5.21. The van der Waals surface area contributed by atoms with Gasteiger partial charge in [0.15, 0.2) is 0 Å². The van der Waals surface area contributed by atoms with E-state index in [1.54, 1.807) is 19.1 Å². The van der Waals surface area contributed by atoms with E-state index < -0.39 is 11.4 Å². The Hall–Kier alpha value is -1.88. The molecule has 1 aromatic rings. The SMILES string of the molecule is CCOCCC1(C(=O)NCC(C)(C(=O)O)c2ccccc2)CCC1. The lowest BCUT2D eigenvalue weighted by atomic mass is 9.66. The van der Waals surface area contributed by atoms with Crippen molar-refractivity contribution in [3.05, 3.63) is 35.9 Å². The number of benzene rings is 1. The molecule has 0 aromatic heterocycles. The van der Waals surface area contributed by atoms with Crippen molar-refractivity contribution < 1.29 is 19.4 Å². The average Bonchev–Trinajstić information content (AvgIpc) is 2.55. The minimum absolute atomic E-state index is 0.0446. The monoisotopic (exact) mass is 333 g/mol. The standard InChI is InChI=1S/C19H27NO4/c1-3-24-13-12-19(10-7-11-19)16(21)20-14-18(2,17(22)23)15-8-5-4-6-9-15/h4-6,8-9H,3,7,10-14H2,1-2H3,(H,20,21)(H,22,23). The van der Waals surface area contributed by atoms with E-state index in [0.717, 1.165) is 19.3 Å². The summed E-state index contributed by atoms with van der Waals surface area (Å²) in [7, 11) is 0. The van der Waals surface area contributed by atoms with Gasteiger partial charge in [-0.1, -0.05) is 36.8 Å². The first-order valence-corrected chi connectivity index (χ1v) is 8.59. The van der Waals surface area contributed by atoms with Crippen LogP contribution >= 0.6 is 0 Å². The molecule has 5 heteroatoms. The second-order valence-corrected chi connectivity index (χ2v) is 6.77. The maximum absolute atomic E-state index is 12.7. The molecule has 1 saturated carbocycles. The molecule has 2 rings (SSSR count). The van der Waals surface area contributed by atoms with Crippen molar-refractivity contribution in [1.29, 1.82) is 0 Å². The van der Waals surface area contributed by atoms with Gasteiger partial charge in [-0.05, 0) is 38.7 Å². The molecule has 132 valence electrons. The molecule has 0 radical (unpaired) electrons. The summed E-state index contributed by atoms with van der Waals surface area (Å²) in [5, 5.41) is 12.6. The van der Waals surface area contributed by atoms with Crippen molar-refractivity contribution in [3.63, 3.8) is 0 Å². The number of carboxylic acid groups (broad SMARTS) is 1. The first kappa shape index (κ1) is 18.5. The lowest BCUT2D eigenvalue weighted by Crippen LogP contribution is -2.51. The highest BCUT2D eigenvalue weighted by atomic mass is 16.5. The Morgan fingerprint density at radius 1 is 1.29 bits per heavy atom. The Labute approximate surface area is 143 Å². The maximum Gasteiger partial charge on any atom is 0.315 e. The van der Waals surface area contributed by atoms with Crippen LogP contribution in [0.1, 0.15) is 45.1 Å². The number of rotatable bonds is 9. The Kier molecular flexibility index (Phi) is 5.99. The van der Waals surface area contributed by atoms with Gasteiger partial charge in [-0.25, -0.2) is 0 Å². The fourth-order valence-electron chi connectivity index (χ4n) is 3.16. The van der Waals surface area contributed by atoms with Gasteiger partial charge in [0.1, 0.15) is 5.41 Å². The number of amides is 1. The highest BCUT2D eigenvalue weighted by molar-refractivity contribution is 5.86. The fourth-order valence-corrected chi connectivity index (χ4v) is 3.16. The van der Waals surface area contributed by atoms with Gasteiger partial charge in [-0.15, -0.1) is 0 Å². The molecule has 1 amide bonds. The molecule has 1 aliphatic rings. The predicted octanol–water partition coefficient (Wildman–Crippen LogP) is 2.74. The second-order valence-electron chi connectivity index (χ2n) is 6.77. The number of aliphatic carboxylic acids is 1. The number of carboxylic acids is 1. The van der Waals surface area contributed by atoms with Crippen LogP contribution in [0.25, 0.3) is 0 Å². The van der Waals surface area contributed by atoms with E-state index in [2.05, 4.69) is 5.32 Å². The molecular weight excluding hydrogens is 306 g/mol. The summed E-state index contributed by atoms with van der Waals surface area (Å²) in [6.07, 6.45) is 3.43. The fraction of sp³-hybridized carbons (Fsp3) is 0.579. The topological polar surface area (TPSA) is 75.6 Å². The van der Waals surface area contributed by atoms with Crippen molar-refractivity contribution >= 4 is 11.9 Å². The van der Waals surface area contributed by atoms with Gasteiger partial charge in [0.05, 0.1) is 5.41 Å². The number of carbonyl (C=O) groups excluding carboxylic acids is 1. The highest BCUT2D eigenvalue weighted by Gasteiger charge is 2.45. The molecule has 0 aliphatic heterocycles. The van der Waals surface area contributed by atoms with E-state index in [1.807, 2.05) is 25.1 Å². The van der Waals surface area contributed by atoms with Crippen LogP contribution < -0.4 is 5.32 Å². The number of hydrogen-bond acceptors (Lipinski definition) is 3. The Morgan fingerprint density at radius 3 is 2.46 bits per heavy atom. The van der Waals surface area contributed by atoms with Gasteiger partial charge in [0.25, 0.3) is 0 Å². The van der Waals surface area contributed by atoms with Gasteiger partial charge >= 0.3 is 5.97 Å². The summed E-state index contributed by atoms with van der Waals surface area (Å²) in [4.78, 5) is 24.5. The van der Waals surface area contributed by atoms with Crippen molar-refractivity contribution in [2.24, 2.45) is 5.41 Å². The smallest absolute Gasteiger partial charge is 0.315 e. The number of nitrogens with one attached hydrogen (secondary N) is 1. The van der Waals surface area contributed by atoms with Crippen LogP contribution in [0.3, 0.4) is 0 Å². The van der Waals surface area contributed by atoms with Gasteiger partial charge in [0.2, 0.25) is 5.91 Å². The van der Waals surface area contributed by atoms with Crippen molar-refractivity contribution in [2.45, 2.75) is 44.9 Å². The zero-order valence-electron chi connectivity index (χ0n) is 14.5. The van der Waals surface area contributed by atoms with Crippen molar-refractivity contribution in [3.8, 4) is 0 Å². The minimum Gasteiger partial charge on any atom is -0.481 e. The van der Waals surface area contributed by atoms with Crippen LogP contribution in [0.5, 0.6) is 0 Å². The van der Waals surface area contributed by atoms with Gasteiger partial charge in [0, 0.05) is 19.8 Å². The zero-order chi connectivity index (χ0) is 17.6.